The fourth-order valence-corrected chi connectivity index (χ4v) is 3.20. The van der Waals surface area contributed by atoms with Crippen LogP contribution in [0.25, 0.3) is 0 Å². The molecule has 2 aromatic rings. The molecule has 1 heterocycles. The van der Waals surface area contributed by atoms with Crippen molar-refractivity contribution in [3.63, 3.8) is 0 Å². The molecule has 8 N–H and O–H groups in total. The zero-order valence-corrected chi connectivity index (χ0v) is 18.3. The van der Waals surface area contributed by atoms with Gasteiger partial charge in [-0.3, -0.25) is 24.4 Å². The number of ketones is 1. The Morgan fingerprint density at radius 1 is 1.13 bits per heavy atom. The van der Waals surface area contributed by atoms with Crippen molar-refractivity contribution in [3.8, 4) is 0 Å². The van der Waals surface area contributed by atoms with Gasteiger partial charge in [0.2, 0.25) is 17.6 Å². The highest BCUT2D eigenvalue weighted by atomic mass is 79.9. The molecule has 2 rings (SSSR count). The molecule has 0 aliphatic rings. The second-order valence-electron chi connectivity index (χ2n) is 6.65. The first-order chi connectivity index (χ1) is 14.7. The van der Waals surface area contributed by atoms with Gasteiger partial charge in [0.1, 0.15) is 12.2 Å². The Labute approximate surface area is 187 Å². The molecule has 0 aliphatic heterocycles. The van der Waals surface area contributed by atoms with Crippen molar-refractivity contribution in [1.29, 1.82) is 0 Å². The molecule has 164 valence electrons. The van der Waals surface area contributed by atoms with Gasteiger partial charge in [-0.15, -0.1) is 0 Å². The number of aromatic nitrogens is 1. The van der Waals surface area contributed by atoms with Crippen LogP contribution in [-0.2, 0) is 9.59 Å². The van der Waals surface area contributed by atoms with Gasteiger partial charge in [0.05, 0.1) is 11.7 Å². The molecule has 1 aromatic carbocycles. The van der Waals surface area contributed by atoms with Crippen LogP contribution < -0.4 is 27.8 Å². The number of aliphatic imine (C=N–C) groups is 1. The molecule has 0 bridgehead atoms. The molecular weight excluding hydrogens is 466 g/mol. The maximum atomic E-state index is 13.1. The van der Waals surface area contributed by atoms with E-state index in [1.807, 2.05) is 0 Å². The van der Waals surface area contributed by atoms with Gasteiger partial charge in [0, 0.05) is 22.8 Å². The molecule has 1 aromatic heterocycles. The van der Waals surface area contributed by atoms with Crippen molar-refractivity contribution in [2.75, 3.05) is 18.0 Å². The molecule has 1 atom stereocenters. The lowest BCUT2D eigenvalue weighted by molar-refractivity contribution is -0.123. The summed E-state index contributed by atoms with van der Waals surface area (Å²) in [5.41, 5.74) is 22.6. The maximum absolute atomic E-state index is 13.1. The second-order valence-corrected chi connectivity index (χ2v) is 7.57. The first-order valence-corrected chi connectivity index (χ1v) is 10.2. The number of carbonyl (C=O) groups excluding carboxylic acids is 3. The monoisotopic (exact) mass is 489 g/mol. The fraction of sp³-hybridized carbons (Fsp3) is 0.250. The van der Waals surface area contributed by atoms with E-state index in [1.54, 1.807) is 36.4 Å². The van der Waals surface area contributed by atoms with E-state index >= 15 is 0 Å². The SMILES string of the molecule is NC(=O)CN(C(=O)[C@@H](N)CCCN=C(N)N)c1ccc(Br)cc1C(=O)c1ccccn1. The third-order valence-electron chi connectivity index (χ3n) is 4.26. The van der Waals surface area contributed by atoms with Crippen molar-refractivity contribution in [2.45, 2.75) is 18.9 Å². The average Bonchev–Trinajstić information content (AvgIpc) is 2.74. The van der Waals surface area contributed by atoms with Gasteiger partial charge in [-0.2, -0.15) is 0 Å². The van der Waals surface area contributed by atoms with Crippen molar-refractivity contribution >= 4 is 45.2 Å². The molecule has 0 fully saturated rings. The standard InChI is InChI=1S/C20H24BrN7O3/c21-12-6-7-16(13(10-12)18(30)15-5-1-2-8-26-15)28(11-17(23)29)19(31)14(22)4-3-9-27-20(24)25/h1-2,5-8,10,14H,3-4,9,11,22H2,(H2,23,29)(H4,24,25,27)/t14-/m0/s1. The molecule has 0 saturated carbocycles. The largest absolute Gasteiger partial charge is 0.370 e. The van der Waals surface area contributed by atoms with Crippen LogP contribution in [0, 0.1) is 0 Å². The van der Waals surface area contributed by atoms with Crippen LogP contribution in [0.2, 0.25) is 0 Å². The lowest BCUT2D eigenvalue weighted by atomic mass is 10.0. The zero-order valence-electron chi connectivity index (χ0n) is 16.7. The Kier molecular flexibility index (Phi) is 8.64. The van der Waals surface area contributed by atoms with Crippen molar-refractivity contribution in [3.05, 3.63) is 58.3 Å². The van der Waals surface area contributed by atoms with E-state index in [2.05, 4.69) is 25.9 Å². The van der Waals surface area contributed by atoms with Crippen LogP contribution in [0.3, 0.4) is 0 Å². The van der Waals surface area contributed by atoms with Gasteiger partial charge in [-0.05, 0) is 43.2 Å². The molecule has 2 amide bonds. The molecule has 0 spiro atoms. The van der Waals surface area contributed by atoms with Crippen LogP contribution in [0.5, 0.6) is 0 Å². The maximum Gasteiger partial charge on any atom is 0.244 e. The summed E-state index contributed by atoms with van der Waals surface area (Å²) in [5, 5.41) is 0. The first-order valence-electron chi connectivity index (χ1n) is 9.36. The van der Waals surface area contributed by atoms with Gasteiger partial charge in [-0.25, -0.2) is 0 Å². The Morgan fingerprint density at radius 3 is 2.48 bits per heavy atom. The Morgan fingerprint density at radius 2 is 1.87 bits per heavy atom. The highest BCUT2D eigenvalue weighted by Gasteiger charge is 2.28. The number of hydrogen-bond acceptors (Lipinski definition) is 6. The molecule has 0 saturated heterocycles. The number of halogens is 1. The van der Waals surface area contributed by atoms with E-state index in [4.69, 9.17) is 22.9 Å². The Bertz CT molecular complexity index is 978. The number of carbonyl (C=O) groups is 3. The quantitative estimate of drug-likeness (QED) is 0.159. The number of guanidine groups is 1. The van der Waals surface area contributed by atoms with Crippen LogP contribution in [0.1, 0.15) is 28.9 Å². The minimum atomic E-state index is -0.949. The predicted octanol–water partition coefficient (Wildman–Crippen LogP) is 0.274. The van der Waals surface area contributed by atoms with Crippen molar-refractivity contribution in [1.82, 2.24) is 4.98 Å². The summed E-state index contributed by atoms with van der Waals surface area (Å²) in [6.07, 6.45) is 2.21. The van der Waals surface area contributed by atoms with Crippen LogP contribution in [0.4, 0.5) is 5.69 Å². The van der Waals surface area contributed by atoms with E-state index < -0.39 is 30.2 Å². The van der Waals surface area contributed by atoms with E-state index in [0.717, 1.165) is 4.90 Å². The molecule has 0 radical (unpaired) electrons. The molecule has 31 heavy (non-hydrogen) atoms. The van der Waals surface area contributed by atoms with Gasteiger partial charge in [-0.1, -0.05) is 22.0 Å². The van der Waals surface area contributed by atoms with E-state index in [0.29, 0.717) is 17.4 Å². The lowest BCUT2D eigenvalue weighted by Gasteiger charge is -2.26. The summed E-state index contributed by atoms with van der Waals surface area (Å²) in [6, 6.07) is 8.72. The van der Waals surface area contributed by atoms with Crippen molar-refractivity contribution < 1.29 is 14.4 Å². The zero-order chi connectivity index (χ0) is 23.0. The van der Waals surface area contributed by atoms with E-state index in [-0.39, 0.29) is 29.3 Å². The number of nitrogens with zero attached hydrogens (tertiary/aromatic N) is 3. The lowest BCUT2D eigenvalue weighted by Crippen LogP contribution is -2.48. The number of rotatable bonds is 10. The van der Waals surface area contributed by atoms with Gasteiger partial charge in [0.15, 0.2) is 5.96 Å². The average molecular weight is 490 g/mol. The van der Waals surface area contributed by atoms with E-state index in [1.165, 1.54) is 6.20 Å². The highest BCUT2D eigenvalue weighted by Crippen LogP contribution is 2.27. The minimum absolute atomic E-state index is 0.0530. The fourth-order valence-electron chi connectivity index (χ4n) is 2.84. The van der Waals surface area contributed by atoms with Crippen molar-refractivity contribution in [2.24, 2.45) is 27.9 Å². The summed E-state index contributed by atoms with van der Waals surface area (Å²) in [4.78, 5) is 46.9. The number of anilines is 1. The minimum Gasteiger partial charge on any atom is -0.370 e. The molecular formula is C20H24BrN7O3. The predicted molar refractivity (Wildman–Crippen MR) is 121 cm³/mol. The summed E-state index contributed by atoms with van der Waals surface area (Å²) >= 11 is 3.33. The third-order valence-corrected chi connectivity index (χ3v) is 4.75. The second kappa shape index (κ2) is 11.2. The van der Waals surface area contributed by atoms with E-state index in [9.17, 15) is 14.4 Å². The van der Waals surface area contributed by atoms with Crippen LogP contribution in [-0.4, -0.2) is 47.7 Å². The smallest absolute Gasteiger partial charge is 0.244 e. The Hall–Kier alpha value is -3.31. The van der Waals surface area contributed by atoms with Crippen LogP contribution >= 0.6 is 15.9 Å². The summed E-state index contributed by atoms with van der Waals surface area (Å²) in [5.74, 6) is -1.77. The first kappa shape index (κ1) is 24.0. The van der Waals surface area contributed by atoms with Gasteiger partial charge >= 0.3 is 0 Å². The molecule has 10 nitrogen and oxygen atoms in total. The molecule has 0 unspecified atom stereocenters. The number of pyridine rings is 1. The van der Waals surface area contributed by atoms with Gasteiger partial charge < -0.3 is 27.8 Å². The number of primary amides is 1. The topological polar surface area (TPSA) is 184 Å². The summed E-state index contributed by atoms with van der Waals surface area (Å²) in [6.45, 7) is -0.134. The third kappa shape index (κ3) is 6.86. The number of benzene rings is 1. The van der Waals surface area contributed by atoms with Gasteiger partial charge in [0.25, 0.3) is 0 Å². The highest BCUT2D eigenvalue weighted by molar-refractivity contribution is 9.10. The summed E-state index contributed by atoms with van der Waals surface area (Å²) in [7, 11) is 0. The Balaban J connectivity index is 2.37. The molecule has 0 aliphatic carbocycles. The normalized spacial score (nSPS) is 11.4. The molecule has 11 heteroatoms. The van der Waals surface area contributed by atoms with Crippen LogP contribution in [0.15, 0.2) is 52.1 Å². The summed E-state index contributed by atoms with van der Waals surface area (Å²) < 4.78 is 0.614. The number of hydrogen-bond donors (Lipinski definition) is 4. The number of amides is 2. The number of nitrogens with two attached hydrogens (primary N) is 4.